The van der Waals surface area contributed by atoms with Gasteiger partial charge in [0, 0.05) is 5.69 Å². The number of nitrogens with zero attached hydrogens (tertiary/aromatic N) is 4. The zero-order valence-corrected chi connectivity index (χ0v) is 13.4. The number of fused-ring (bicyclic) bond motifs is 1. The second-order valence-electron chi connectivity index (χ2n) is 5.36. The molecule has 124 valence electrons. The molecule has 1 amide bonds. The highest BCUT2D eigenvalue weighted by atomic mass is 19.1. The van der Waals surface area contributed by atoms with Crippen molar-refractivity contribution in [3.8, 4) is 0 Å². The predicted molar refractivity (Wildman–Crippen MR) is 88.4 cm³/mol. The summed E-state index contributed by atoms with van der Waals surface area (Å²) in [5.74, 6) is -0.570. The first kappa shape index (κ1) is 15.9. The summed E-state index contributed by atoms with van der Waals surface area (Å²) in [6, 6.07) is 6.08. The Balaban J connectivity index is 1.71. The van der Waals surface area contributed by atoms with Crippen LogP contribution in [-0.4, -0.2) is 32.3 Å². The van der Waals surface area contributed by atoms with Crippen molar-refractivity contribution in [2.45, 2.75) is 20.3 Å². The molecule has 0 aliphatic carbocycles. The van der Waals surface area contributed by atoms with Crippen molar-refractivity contribution < 1.29 is 9.18 Å². The van der Waals surface area contributed by atoms with Crippen LogP contribution in [0.2, 0.25) is 0 Å². The van der Waals surface area contributed by atoms with Crippen LogP contribution < -0.4 is 10.6 Å². The molecule has 0 saturated heterocycles. The first-order valence-electron chi connectivity index (χ1n) is 7.56. The number of aryl methyl sites for hydroxylation is 2. The summed E-state index contributed by atoms with van der Waals surface area (Å²) in [4.78, 5) is 12.1. The summed E-state index contributed by atoms with van der Waals surface area (Å²) in [5, 5.41) is 18.0. The topological polar surface area (TPSA) is 84.2 Å². The van der Waals surface area contributed by atoms with E-state index < -0.39 is 0 Å². The summed E-state index contributed by atoms with van der Waals surface area (Å²) in [7, 11) is 0. The Kier molecular flexibility index (Phi) is 4.37. The third-order valence-corrected chi connectivity index (χ3v) is 3.58. The average Bonchev–Trinajstić information content (AvgIpc) is 3.03. The van der Waals surface area contributed by atoms with Crippen molar-refractivity contribution in [2.75, 3.05) is 17.2 Å². The van der Waals surface area contributed by atoms with Gasteiger partial charge in [-0.3, -0.25) is 4.79 Å². The molecular formula is C16H17FN6O. The van der Waals surface area contributed by atoms with E-state index >= 15 is 0 Å². The standard InChI is InChI=1S/C16H17FN6O/c1-3-12-7-14(16-21-19-9-23(16)22-12)18-8-15(24)20-13-5-4-11(17)6-10(13)2/h4-7,9,18H,3,8H2,1-2H3,(H,20,24). The lowest BCUT2D eigenvalue weighted by Gasteiger charge is -2.11. The van der Waals surface area contributed by atoms with Crippen molar-refractivity contribution in [2.24, 2.45) is 0 Å². The highest BCUT2D eigenvalue weighted by Gasteiger charge is 2.10. The van der Waals surface area contributed by atoms with Crippen LogP contribution in [-0.2, 0) is 11.2 Å². The van der Waals surface area contributed by atoms with Gasteiger partial charge in [0.1, 0.15) is 12.1 Å². The van der Waals surface area contributed by atoms with E-state index in [0.29, 0.717) is 22.6 Å². The molecule has 0 bridgehead atoms. The van der Waals surface area contributed by atoms with Crippen molar-refractivity contribution in [3.63, 3.8) is 0 Å². The van der Waals surface area contributed by atoms with Gasteiger partial charge in [0.25, 0.3) is 0 Å². The lowest BCUT2D eigenvalue weighted by molar-refractivity contribution is -0.114. The quantitative estimate of drug-likeness (QED) is 0.750. The minimum Gasteiger partial charge on any atom is -0.373 e. The van der Waals surface area contributed by atoms with Crippen LogP contribution in [0.25, 0.3) is 5.65 Å². The van der Waals surface area contributed by atoms with Gasteiger partial charge in [-0.15, -0.1) is 10.2 Å². The Hall–Kier alpha value is -3.03. The third kappa shape index (κ3) is 3.32. The largest absolute Gasteiger partial charge is 0.373 e. The molecule has 2 heterocycles. The van der Waals surface area contributed by atoms with E-state index in [0.717, 1.165) is 12.1 Å². The summed E-state index contributed by atoms with van der Waals surface area (Å²) < 4.78 is 14.7. The molecule has 0 atom stereocenters. The second kappa shape index (κ2) is 6.61. The number of nitrogens with one attached hydrogen (secondary N) is 2. The minimum atomic E-state index is -0.332. The van der Waals surface area contributed by atoms with E-state index in [2.05, 4.69) is 25.9 Å². The Bertz CT molecular complexity index is 891. The molecule has 0 unspecified atom stereocenters. The van der Waals surface area contributed by atoms with Crippen LogP contribution in [0.1, 0.15) is 18.2 Å². The normalized spacial score (nSPS) is 10.8. The van der Waals surface area contributed by atoms with Crippen LogP contribution >= 0.6 is 0 Å². The molecule has 3 aromatic rings. The number of hydrogen-bond donors (Lipinski definition) is 2. The van der Waals surface area contributed by atoms with Gasteiger partial charge in [0.05, 0.1) is 17.9 Å². The third-order valence-electron chi connectivity index (χ3n) is 3.58. The van der Waals surface area contributed by atoms with E-state index in [1.807, 2.05) is 13.0 Å². The van der Waals surface area contributed by atoms with Crippen molar-refractivity contribution in [1.82, 2.24) is 19.8 Å². The first-order valence-corrected chi connectivity index (χ1v) is 7.56. The van der Waals surface area contributed by atoms with Crippen LogP contribution in [0.5, 0.6) is 0 Å². The van der Waals surface area contributed by atoms with Gasteiger partial charge >= 0.3 is 0 Å². The smallest absolute Gasteiger partial charge is 0.243 e. The lowest BCUT2D eigenvalue weighted by Crippen LogP contribution is -2.22. The fraction of sp³-hybridized carbons (Fsp3) is 0.250. The molecule has 0 saturated carbocycles. The number of anilines is 2. The second-order valence-corrected chi connectivity index (χ2v) is 5.36. The van der Waals surface area contributed by atoms with Gasteiger partial charge in [-0.1, -0.05) is 6.92 Å². The molecule has 3 rings (SSSR count). The van der Waals surface area contributed by atoms with Crippen molar-refractivity contribution in [3.05, 3.63) is 47.7 Å². The minimum absolute atomic E-state index is 0.0481. The van der Waals surface area contributed by atoms with Crippen molar-refractivity contribution >= 4 is 22.9 Å². The van der Waals surface area contributed by atoms with Crippen LogP contribution in [0.3, 0.4) is 0 Å². The number of halogens is 1. The summed E-state index contributed by atoms with van der Waals surface area (Å²) >= 11 is 0. The Labute approximate surface area is 137 Å². The highest BCUT2D eigenvalue weighted by Crippen LogP contribution is 2.17. The first-order chi connectivity index (χ1) is 11.6. The Morgan fingerprint density at radius 1 is 1.29 bits per heavy atom. The van der Waals surface area contributed by atoms with Gasteiger partial charge < -0.3 is 10.6 Å². The molecule has 8 heteroatoms. The number of carbonyl (C=O) groups is 1. The molecule has 0 aliphatic rings. The molecule has 0 spiro atoms. The molecular weight excluding hydrogens is 311 g/mol. The molecule has 2 N–H and O–H groups in total. The van der Waals surface area contributed by atoms with Crippen LogP contribution in [0, 0.1) is 12.7 Å². The predicted octanol–water partition coefficient (Wildman–Crippen LogP) is 2.18. The molecule has 2 aromatic heterocycles. The molecule has 24 heavy (non-hydrogen) atoms. The van der Waals surface area contributed by atoms with Gasteiger partial charge in [-0.2, -0.15) is 9.61 Å². The monoisotopic (exact) mass is 328 g/mol. The Morgan fingerprint density at radius 2 is 2.12 bits per heavy atom. The van der Waals surface area contributed by atoms with E-state index in [1.54, 1.807) is 17.5 Å². The number of benzene rings is 1. The maximum atomic E-state index is 13.1. The van der Waals surface area contributed by atoms with Crippen molar-refractivity contribution in [1.29, 1.82) is 0 Å². The Morgan fingerprint density at radius 3 is 2.88 bits per heavy atom. The number of hydrogen-bond acceptors (Lipinski definition) is 5. The van der Waals surface area contributed by atoms with Gasteiger partial charge in [0.15, 0.2) is 0 Å². The molecule has 0 aliphatic heterocycles. The summed E-state index contributed by atoms with van der Waals surface area (Å²) in [6.07, 6.45) is 2.27. The molecule has 0 fully saturated rings. The average molecular weight is 328 g/mol. The SMILES string of the molecule is CCc1cc(NCC(=O)Nc2ccc(F)cc2C)c2nncn2n1. The highest BCUT2D eigenvalue weighted by molar-refractivity contribution is 5.94. The van der Waals surface area contributed by atoms with Gasteiger partial charge in [-0.25, -0.2) is 4.39 Å². The van der Waals surface area contributed by atoms with E-state index in [-0.39, 0.29) is 18.3 Å². The summed E-state index contributed by atoms with van der Waals surface area (Å²) in [6.45, 7) is 3.78. The fourth-order valence-corrected chi connectivity index (χ4v) is 2.32. The zero-order valence-electron chi connectivity index (χ0n) is 13.4. The van der Waals surface area contributed by atoms with E-state index in [9.17, 15) is 9.18 Å². The van der Waals surface area contributed by atoms with E-state index in [1.165, 1.54) is 18.5 Å². The number of carbonyl (C=O) groups excluding carboxylic acids is 1. The zero-order chi connectivity index (χ0) is 17.1. The maximum absolute atomic E-state index is 13.1. The van der Waals surface area contributed by atoms with Crippen LogP contribution in [0.4, 0.5) is 15.8 Å². The van der Waals surface area contributed by atoms with Crippen LogP contribution in [0.15, 0.2) is 30.6 Å². The number of rotatable bonds is 5. The fourth-order valence-electron chi connectivity index (χ4n) is 2.32. The van der Waals surface area contributed by atoms with Gasteiger partial charge in [-0.05, 0) is 43.2 Å². The maximum Gasteiger partial charge on any atom is 0.243 e. The number of aromatic nitrogens is 4. The van der Waals surface area contributed by atoms with E-state index in [4.69, 9.17) is 0 Å². The lowest BCUT2D eigenvalue weighted by atomic mass is 10.2. The number of amides is 1. The molecule has 1 aromatic carbocycles. The molecule has 7 nitrogen and oxygen atoms in total. The molecule has 0 radical (unpaired) electrons. The summed E-state index contributed by atoms with van der Waals surface area (Å²) in [5.41, 5.74) is 3.35. The van der Waals surface area contributed by atoms with Gasteiger partial charge in [0.2, 0.25) is 11.6 Å².